The number of hydrogen-bond acceptors (Lipinski definition) is 6. The Hall–Kier alpha value is -4.22. The number of halogens is 4. The van der Waals surface area contributed by atoms with Crippen molar-refractivity contribution in [2.24, 2.45) is 0 Å². The number of hydrogen-bond donors (Lipinski definition) is 1. The van der Waals surface area contributed by atoms with E-state index in [0.717, 1.165) is 12.0 Å². The Morgan fingerprint density at radius 3 is 2.79 bits per heavy atom. The fourth-order valence-electron chi connectivity index (χ4n) is 5.06. The van der Waals surface area contributed by atoms with Gasteiger partial charge in [-0.15, -0.1) is 0 Å². The molecule has 2 aliphatic rings. The van der Waals surface area contributed by atoms with Gasteiger partial charge in [0.15, 0.2) is 5.69 Å². The van der Waals surface area contributed by atoms with Crippen molar-refractivity contribution in [3.8, 4) is 16.9 Å². The Kier molecular flexibility index (Phi) is 5.69. The third-order valence-electron chi connectivity index (χ3n) is 6.75. The fourth-order valence-corrected chi connectivity index (χ4v) is 5.06. The molecule has 0 fully saturated rings. The lowest BCUT2D eigenvalue weighted by atomic mass is 9.99. The summed E-state index contributed by atoms with van der Waals surface area (Å²) in [6.07, 6.45) is -0.290. The van der Waals surface area contributed by atoms with Gasteiger partial charge < -0.3 is 15.0 Å². The molecule has 8 nitrogen and oxygen atoms in total. The summed E-state index contributed by atoms with van der Waals surface area (Å²) in [7, 11) is 0. The normalized spacial score (nSPS) is 15.0. The van der Waals surface area contributed by atoms with Gasteiger partial charge in [0.25, 0.3) is 5.91 Å². The van der Waals surface area contributed by atoms with Crippen LogP contribution in [0.4, 0.5) is 23.5 Å². The minimum Gasteiger partial charge on any atom is -0.493 e. The van der Waals surface area contributed by atoms with Gasteiger partial charge in [-0.1, -0.05) is 6.07 Å². The van der Waals surface area contributed by atoms with Crippen molar-refractivity contribution >= 4 is 17.4 Å². The van der Waals surface area contributed by atoms with Crippen LogP contribution in [0.1, 0.15) is 39.4 Å². The molecule has 3 aromatic heterocycles. The fraction of sp³-hybridized carbons (Fsp3) is 0.308. The lowest BCUT2D eigenvalue weighted by molar-refractivity contribution is -0.141. The van der Waals surface area contributed by atoms with E-state index in [9.17, 15) is 22.4 Å². The van der Waals surface area contributed by atoms with Crippen LogP contribution < -0.4 is 10.1 Å². The Balaban J connectivity index is 1.45. The number of anilines is 1. The third kappa shape index (κ3) is 4.19. The molecular weight excluding hydrogens is 504 g/mol. The van der Waals surface area contributed by atoms with Crippen LogP contribution in [0, 0.1) is 12.7 Å². The summed E-state index contributed by atoms with van der Waals surface area (Å²) in [5.41, 5.74) is 3.41. The molecule has 0 spiro atoms. The van der Waals surface area contributed by atoms with Crippen LogP contribution in [0.5, 0.6) is 5.75 Å². The summed E-state index contributed by atoms with van der Waals surface area (Å²) < 4.78 is 62.1. The van der Waals surface area contributed by atoms with Crippen LogP contribution in [-0.2, 0) is 19.5 Å². The number of alkyl halides is 3. The van der Waals surface area contributed by atoms with Crippen molar-refractivity contribution in [1.82, 2.24) is 24.3 Å². The molecule has 0 aliphatic carbocycles. The van der Waals surface area contributed by atoms with E-state index < -0.39 is 18.6 Å². The number of aromatic nitrogens is 4. The number of rotatable bonds is 4. The summed E-state index contributed by atoms with van der Waals surface area (Å²) in [5, 5.41) is 3.11. The van der Waals surface area contributed by atoms with Crippen LogP contribution in [0.2, 0.25) is 0 Å². The molecule has 5 heterocycles. The second-order valence-electron chi connectivity index (χ2n) is 9.34. The number of pyridine rings is 1. The highest BCUT2D eigenvalue weighted by molar-refractivity contribution is 6.04. The molecule has 1 aromatic carbocycles. The van der Waals surface area contributed by atoms with E-state index in [0.29, 0.717) is 57.3 Å². The first kappa shape index (κ1) is 24.1. The first-order valence-electron chi connectivity index (χ1n) is 12.1. The summed E-state index contributed by atoms with van der Waals surface area (Å²) in [6, 6.07) is 6.48. The maximum absolute atomic E-state index is 14.8. The van der Waals surface area contributed by atoms with Gasteiger partial charge in [0.05, 0.1) is 24.4 Å². The van der Waals surface area contributed by atoms with E-state index in [1.54, 1.807) is 25.1 Å². The van der Waals surface area contributed by atoms with E-state index in [1.807, 2.05) is 0 Å². The monoisotopic (exact) mass is 526 g/mol. The van der Waals surface area contributed by atoms with Gasteiger partial charge in [0.2, 0.25) is 5.95 Å². The molecule has 0 unspecified atom stereocenters. The second kappa shape index (κ2) is 8.96. The zero-order chi connectivity index (χ0) is 26.6. The number of imidazole rings is 1. The van der Waals surface area contributed by atoms with E-state index >= 15 is 0 Å². The van der Waals surface area contributed by atoms with Crippen molar-refractivity contribution in [3.05, 3.63) is 70.8 Å². The van der Waals surface area contributed by atoms with Crippen molar-refractivity contribution in [2.45, 2.75) is 39.0 Å². The van der Waals surface area contributed by atoms with Gasteiger partial charge in [-0.05, 0) is 38.0 Å². The molecule has 0 radical (unpaired) electrons. The Labute approximate surface area is 214 Å². The highest BCUT2D eigenvalue weighted by Gasteiger charge is 2.37. The Bertz CT molecular complexity index is 1580. The smallest absolute Gasteiger partial charge is 0.406 e. The predicted molar refractivity (Wildman–Crippen MR) is 129 cm³/mol. The molecule has 38 heavy (non-hydrogen) atoms. The quantitative estimate of drug-likeness (QED) is 0.389. The lowest BCUT2D eigenvalue weighted by Gasteiger charge is -2.26. The summed E-state index contributed by atoms with van der Waals surface area (Å²) >= 11 is 0. The molecular formula is C26H22F4N6O2. The molecule has 1 N–H and O–H groups in total. The molecule has 2 aliphatic heterocycles. The molecule has 1 amide bonds. The second-order valence-corrected chi connectivity index (χ2v) is 9.34. The Morgan fingerprint density at radius 1 is 1.13 bits per heavy atom. The highest BCUT2D eigenvalue weighted by Crippen LogP contribution is 2.35. The van der Waals surface area contributed by atoms with E-state index in [4.69, 9.17) is 4.74 Å². The van der Waals surface area contributed by atoms with Gasteiger partial charge in [0.1, 0.15) is 24.4 Å². The van der Waals surface area contributed by atoms with Crippen LogP contribution in [0.25, 0.3) is 16.6 Å². The van der Waals surface area contributed by atoms with Gasteiger partial charge in [-0.2, -0.15) is 13.2 Å². The topological polar surface area (TPSA) is 84.7 Å². The van der Waals surface area contributed by atoms with Gasteiger partial charge >= 0.3 is 6.18 Å². The van der Waals surface area contributed by atoms with Crippen LogP contribution in [-0.4, -0.2) is 49.5 Å². The number of fused-ring (bicyclic) bond motifs is 3. The molecule has 196 valence electrons. The summed E-state index contributed by atoms with van der Waals surface area (Å²) in [5.74, 6) is -0.348. The SMILES string of the molecule is Cc1ccc2c(n1)CN(CC(F)(F)F)C(=O)c1ncn3c(NCc4c(F)ccc5c4CCCO5)ncc-2c13. The summed E-state index contributed by atoms with van der Waals surface area (Å²) in [4.78, 5) is 27.2. The van der Waals surface area contributed by atoms with Crippen molar-refractivity contribution in [2.75, 3.05) is 18.5 Å². The maximum Gasteiger partial charge on any atom is 0.406 e. The zero-order valence-electron chi connectivity index (χ0n) is 20.3. The van der Waals surface area contributed by atoms with Crippen molar-refractivity contribution < 1.29 is 27.1 Å². The number of nitrogens with one attached hydrogen (secondary N) is 1. The average molecular weight is 526 g/mol. The maximum atomic E-state index is 14.8. The molecule has 0 saturated carbocycles. The molecule has 4 aromatic rings. The number of nitrogens with zero attached hydrogens (tertiary/aromatic N) is 5. The third-order valence-corrected chi connectivity index (χ3v) is 6.75. The Morgan fingerprint density at radius 2 is 1.97 bits per heavy atom. The molecule has 0 bridgehead atoms. The number of carbonyl (C=O) groups is 1. The largest absolute Gasteiger partial charge is 0.493 e. The molecule has 12 heteroatoms. The standard InChI is InChI=1S/C26H22F4N6O2/c1-14-4-5-15-18-10-32-25(31-9-17-16-3-2-8-38-21(16)7-6-19(17)27)36-13-33-22(23(18)36)24(37)35(11-20(15)34-14)12-26(28,29)30/h4-7,10,13H,2-3,8-9,11-12H2,1H3,(H,31,32). The van der Waals surface area contributed by atoms with Gasteiger partial charge in [-0.3, -0.25) is 14.2 Å². The van der Waals surface area contributed by atoms with E-state index in [1.165, 1.54) is 23.0 Å². The van der Waals surface area contributed by atoms with Crippen molar-refractivity contribution in [1.29, 1.82) is 0 Å². The van der Waals surface area contributed by atoms with Gasteiger partial charge in [0, 0.05) is 40.7 Å². The first-order chi connectivity index (χ1) is 18.2. The minimum atomic E-state index is -4.60. The zero-order valence-corrected chi connectivity index (χ0v) is 20.3. The number of carbonyl (C=O) groups excluding carboxylic acids is 1. The molecule has 0 saturated heterocycles. The first-order valence-corrected chi connectivity index (χ1v) is 12.1. The number of amides is 1. The van der Waals surface area contributed by atoms with Gasteiger partial charge in [-0.25, -0.2) is 14.4 Å². The van der Waals surface area contributed by atoms with Crippen molar-refractivity contribution in [3.63, 3.8) is 0 Å². The average Bonchev–Trinajstić information content (AvgIpc) is 3.32. The van der Waals surface area contributed by atoms with Crippen LogP contribution in [0.3, 0.4) is 0 Å². The van der Waals surface area contributed by atoms with Crippen LogP contribution in [0.15, 0.2) is 36.8 Å². The van der Waals surface area contributed by atoms with E-state index in [-0.39, 0.29) is 30.5 Å². The minimum absolute atomic E-state index is 0.0822. The molecule has 6 rings (SSSR count). The number of aryl methyl sites for hydroxylation is 1. The van der Waals surface area contributed by atoms with E-state index in [2.05, 4.69) is 20.3 Å². The lowest BCUT2D eigenvalue weighted by Crippen LogP contribution is -2.39. The molecule has 0 atom stereocenters. The predicted octanol–water partition coefficient (Wildman–Crippen LogP) is 4.69. The number of ether oxygens (including phenoxy) is 1. The number of benzene rings is 1. The van der Waals surface area contributed by atoms with Crippen LogP contribution >= 0.6 is 0 Å². The highest BCUT2D eigenvalue weighted by atomic mass is 19.4. The summed E-state index contributed by atoms with van der Waals surface area (Å²) in [6.45, 7) is 0.619.